The summed E-state index contributed by atoms with van der Waals surface area (Å²) in [6, 6.07) is 30.7. The van der Waals surface area contributed by atoms with Crippen LogP contribution in [0.4, 0.5) is 0 Å². The molecule has 0 spiro atoms. The van der Waals surface area contributed by atoms with Crippen LogP contribution in [0, 0.1) is 0 Å². The van der Waals surface area contributed by atoms with Gasteiger partial charge in [-0.2, -0.15) is 0 Å². The lowest BCUT2D eigenvalue weighted by atomic mass is 10.0. The smallest absolute Gasteiger partial charge is 0.0963 e. The maximum atomic E-state index is 12.5. The summed E-state index contributed by atoms with van der Waals surface area (Å²) in [5.41, 5.74) is 5.49. The molecule has 0 N–H and O–H groups in total. The predicted molar refractivity (Wildman–Crippen MR) is 121 cm³/mol. The Hall–Kier alpha value is -2.98. The number of imidazole rings is 1. The quantitative estimate of drug-likeness (QED) is 0.388. The summed E-state index contributed by atoms with van der Waals surface area (Å²) in [7, 11) is -0.859. The fourth-order valence-electron chi connectivity index (χ4n) is 3.49. The van der Waals surface area contributed by atoms with Gasteiger partial charge in [0.1, 0.15) is 0 Å². The molecular formula is C25H24N2OS. The molecule has 4 rings (SSSR count). The van der Waals surface area contributed by atoms with Crippen LogP contribution in [-0.2, 0) is 23.1 Å². The van der Waals surface area contributed by atoms with Gasteiger partial charge in [0.25, 0.3) is 0 Å². The molecule has 4 heteroatoms. The minimum atomic E-state index is -0.859. The maximum Gasteiger partial charge on any atom is 0.0963 e. The highest BCUT2D eigenvalue weighted by Crippen LogP contribution is 2.31. The first-order valence-corrected chi connectivity index (χ1v) is 11.3. The Morgan fingerprint density at radius 1 is 0.759 bits per heavy atom. The van der Waals surface area contributed by atoms with E-state index in [0.717, 1.165) is 41.0 Å². The molecule has 0 fully saturated rings. The van der Waals surface area contributed by atoms with Crippen LogP contribution in [0.5, 0.6) is 0 Å². The zero-order valence-electron chi connectivity index (χ0n) is 16.3. The molecule has 4 aromatic rings. The van der Waals surface area contributed by atoms with Gasteiger partial charge in [-0.05, 0) is 12.0 Å². The van der Waals surface area contributed by atoms with Gasteiger partial charge in [0.15, 0.2) is 0 Å². The highest BCUT2D eigenvalue weighted by atomic mass is 32.2. The Morgan fingerprint density at radius 2 is 1.34 bits per heavy atom. The number of hydrogen-bond acceptors (Lipinski definition) is 2. The Morgan fingerprint density at radius 3 is 2.00 bits per heavy atom. The summed E-state index contributed by atoms with van der Waals surface area (Å²) in [4.78, 5) is 4.72. The molecule has 146 valence electrons. The molecule has 0 saturated heterocycles. The van der Waals surface area contributed by atoms with Crippen molar-refractivity contribution in [2.24, 2.45) is 0 Å². The van der Waals surface area contributed by atoms with Crippen LogP contribution in [-0.4, -0.2) is 19.5 Å². The fourth-order valence-corrected chi connectivity index (χ4v) is 4.65. The molecule has 0 aliphatic rings. The average Bonchev–Trinajstić information content (AvgIpc) is 3.19. The van der Waals surface area contributed by atoms with Crippen LogP contribution in [0.15, 0.2) is 97.3 Å². The van der Waals surface area contributed by atoms with E-state index in [2.05, 4.69) is 41.0 Å². The van der Waals surface area contributed by atoms with Gasteiger partial charge < -0.3 is 4.57 Å². The Kier molecular flexibility index (Phi) is 6.32. The minimum Gasteiger partial charge on any atom is -0.330 e. The number of benzene rings is 3. The molecule has 1 atom stereocenters. The molecule has 1 aromatic heterocycles. The molecule has 0 saturated carbocycles. The van der Waals surface area contributed by atoms with Crippen LogP contribution in [0.3, 0.4) is 0 Å². The van der Waals surface area contributed by atoms with E-state index in [4.69, 9.17) is 4.98 Å². The van der Waals surface area contributed by atoms with Crippen LogP contribution < -0.4 is 0 Å². The van der Waals surface area contributed by atoms with Gasteiger partial charge in [0.2, 0.25) is 0 Å². The third-order valence-corrected chi connectivity index (χ3v) is 6.27. The molecule has 1 heterocycles. The largest absolute Gasteiger partial charge is 0.330 e. The second-order valence-electron chi connectivity index (χ2n) is 6.99. The van der Waals surface area contributed by atoms with Crippen molar-refractivity contribution in [3.63, 3.8) is 0 Å². The van der Waals surface area contributed by atoms with Crippen molar-refractivity contribution >= 4 is 10.8 Å². The molecule has 0 aliphatic heterocycles. The fraction of sp³-hybridized carbons (Fsp3) is 0.160. The van der Waals surface area contributed by atoms with Gasteiger partial charge >= 0.3 is 0 Å². The zero-order chi connectivity index (χ0) is 19.9. The van der Waals surface area contributed by atoms with E-state index >= 15 is 0 Å². The van der Waals surface area contributed by atoms with Gasteiger partial charge in [-0.25, -0.2) is 4.98 Å². The summed E-state index contributed by atoms with van der Waals surface area (Å²) in [5, 5.41) is 0. The van der Waals surface area contributed by atoms with Crippen LogP contribution in [0.25, 0.3) is 22.5 Å². The lowest BCUT2D eigenvalue weighted by Gasteiger charge is -2.11. The summed E-state index contributed by atoms with van der Waals surface area (Å²) < 4.78 is 14.7. The normalized spacial score (nSPS) is 12.0. The summed E-state index contributed by atoms with van der Waals surface area (Å²) >= 11 is 0. The lowest BCUT2D eigenvalue weighted by molar-refractivity contribution is 0.660. The van der Waals surface area contributed by atoms with Gasteiger partial charge in [-0.3, -0.25) is 4.21 Å². The zero-order valence-corrected chi connectivity index (χ0v) is 17.1. The number of hydrogen-bond donors (Lipinski definition) is 0. The van der Waals surface area contributed by atoms with Crippen molar-refractivity contribution in [1.82, 2.24) is 9.55 Å². The molecule has 0 bridgehead atoms. The second-order valence-corrected chi connectivity index (χ2v) is 8.57. The van der Waals surface area contributed by atoms with Gasteiger partial charge in [-0.15, -0.1) is 0 Å². The van der Waals surface area contributed by atoms with Crippen molar-refractivity contribution in [3.05, 3.63) is 103 Å². The van der Waals surface area contributed by atoms with E-state index in [9.17, 15) is 4.21 Å². The third-order valence-electron chi connectivity index (χ3n) is 4.87. The highest BCUT2D eigenvalue weighted by Gasteiger charge is 2.14. The molecule has 0 aliphatic carbocycles. The summed E-state index contributed by atoms with van der Waals surface area (Å²) in [6.45, 7) is 0.796. The first kappa shape index (κ1) is 19.3. The van der Waals surface area contributed by atoms with Gasteiger partial charge in [0, 0.05) is 40.0 Å². The van der Waals surface area contributed by atoms with E-state index in [1.165, 1.54) is 0 Å². The Bertz CT molecular complexity index is 1060. The van der Waals surface area contributed by atoms with Crippen molar-refractivity contribution in [2.75, 3.05) is 5.75 Å². The molecule has 29 heavy (non-hydrogen) atoms. The van der Waals surface area contributed by atoms with Crippen LogP contribution >= 0.6 is 0 Å². The third kappa shape index (κ3) is 4.90. The topological polar surface area (TPSA) is 34.9 Å². The van der Waals surface area contributed by atoms with Crippen molar-refractivity contribution in [2.45, 2.75) is 18.7 Å². The van der Waals surface area contributed by atoms with E-state index in [1.54, 1.807) is 0 Å². The standard InChI is InChI=1S/C25H24N2OS/c28-29(19-21-11-4-1-5-12-21)18-10-17-27-20-26-24(22-13-6-2-7-14-22)25(27)23-15-8-3-9-16-23/h1-9,11-16,20H,10,17-19H2. The van der Waals surface area contributed by atoms with Crippen molar-refractivity contribution in [3.8, 4) is 22.5 Å². The molecular weight excluding hydrogens is 376 g/mol. The summed E-state index contributed by atoms with van der Waals surface area (Å²) in [5.74, 6) is 1.30. The maximum absolute atomic E-state index is 12.5. The first-order chi connectivity index (χ1) is 14.3. The number of aromatic nitrogens is 2. The summed E-state index contributed by atoms with van der Waals surface area (Å²) in [6.07, 6.45) is 2.76. The minimum absolute atomic E-state index is 0.617. The highest BCUT2D eigenvalue weighted by molar-refractivity contribution is 7.84. The molecule has 3 nitrogen and oxygen atoms in total. The SMILES string of the molecule is O=S(CCCn1cnc(-c2ccccc2)c1-c1ccccc1)Cc1ccccc1. The lowest BCUT2D eigenvalue weighted by Crippen LogP contribution is -2.06. The molecule has 1 unspecified atom stereocenters. The van der Waals surface area contributed by atoms with E-state index in [0.29, 0.717) is 11.5 Å². The van der Waals surface area contributed by atoms with Gasteiger partial charge in [0.05, 0.1) is 17.7 Å². The second kappa shape index (κ2) is 9.48. The van der Waals surface area contributed by atoms with Crippen molar-refractivity contribution in [1.29, 1.82) is 0 Å². The van der Waals surface area contributed by atoms with Crippen LogP contribution in [0.2, 0.25) is 0 Å². The number of aryl methyl sites for hydroxylation is 1. The van der Waals surface area contributed by atoms with E-state index in [-0.39, 0.29) is 0 Å². The van der Waals surface area contributed by atoms with E-state index < -0.39 is 10.8 Å². The number of nitrogens with zero attached hydrogens (tertiary/aromatic N) is 2. The first-order valence-electron chi connectivity index (χ1n) is 9.86. The molecule has 0 radical (unpaired) electrons. The van der Waals surface area contributed by atoms with Gasteiger partial charge in [-0.1, -0.05) is 91.0 Å². The molecule has 3 aromatic carbocycles. The van der Waals surface area contributed by atoms with Crippen molar-refractivity contribution < 1.29 is 4.21 Å². The Labute approximate surface area is 174 Å². The molecule has 0 amide bonds. The predicted octanol–water partition coefficient (Wildman–Crippen LogP) is 5.56. The van der Waals surface area contributed by atoms with E-state index in [1.807, 2.05) is 60.9 Å². The monoisotopic (exact) mass is 400 g/mol. The average molecular weight is 401 g/mol. The van der Waals surface area contributed by atoms with Crippen LogP contribution in [0.1, 0.15) is 12.0 Å². The number of rotatable bonds is 8. The Balaban J connectivity index is 1.50.